The Kier molecular flexibility index (Phi) is 13.8. The number of nitro groups is 2. The molecule has 0 aliphatic rings. The van der Waals surface area contributed by atoms with Crippen LogP contribution in [0.25, 0.3) is 44.1 Å². The van der Waals surface area contributed by atoms with Gasteiger partial charge in [0.05, 0.1) is 64.9 Å². The Balaban J connectivity index is 0.000000202. The first kappa shape index (κ1) is 47.7. The molecule has 0 saturated carbocycles. The molecule has 18 nitrogen and oxygen atoms in total. The van der Waals surface area contributed by atoms with E-state index in [1.165, 1.54) is 30.9 Å². The average molecular weight is 962 g/mol. The quantitative estimate of drug-likeness (QED) is 0.0860. The number of fused-ring (bicyclic) bond motifs is 2. The van der Waals surface area contributed by atoms with E-state index in [-0.39, 0.29) is 49.4 Å². The van der Waals surface area contributed by atoms with Crippen molar-refractivity contribution in [1.29, 1.82) is 0 Å². The summed E-state index contributed by atoms with van der Waals surface area (Å²) in [4.78, 5) is 57.5. The van der Waals surface area contributed by atoms with Crippen LogP contribution in [0.4, 0.5) is 34.4 Å². The SMILES string of the molecule is COc1cc(OC)c(Cl)c(-c2cc3cnc(Nc4ccccc4[N+](=O)[O-])c(C)c3n(C)c2=O)c1Cl.COc1cc(OC)cc(-c2cc3cnc(Nc4ccccc4[N+](=O)[O-])c(C)c3n(C)c2=O)c1. The number of halogens is 2. The Morgan fingerprint density at radius 3 is 1.41 bits per heavy atom. The van der Waals surface area contributed by atoms with Crippen LogP contribution >= 0.6 is 23.2 Å². The fraction of sp³-hybridized carbons (Fsp3) is 0.167. The third kappa shape index (κ3) is 9.01. The fourth-order valence-electron chi connectivity index (χ4n) is 7.80. The summed E-state index contributed by atoms with van der Waals surface area (Å²) in [5, 5.41) is 30.5. The van der Waals surface area contributed by atoms with Crippen LogP contribution in [-0.4, -0.2) is 57.4 Å². The van der Waals surface area contributed by atoms with Crippen molar-refractivity contribution in [3.63, 3.8) is 0 Å². The molecule has 0 saturated heterocycles. The second kappa shape index (κ2) is 19.7. The summed E-state index contributed by atoms with van der Waals surface area (Å²) in [6.07, 6.45) is 3.21. The Hall–Kier alpha value is -8.22. The lowest BCUT2D eigenvalue weighted by Crippen LogP contribution is -2.20. The van der Waals surface area contributed by atoms with Gasteiger partial charge in [0.15, 0.2) is 0 Å². The summed E-state index contributed by atoms with van der Waals surface area (Å²) >= 11 is 13.1. The van der Waals surface area contributed by atoms with Crippen molar-refractivity contribution >= 4 is 79.4 Å². The van der Waals surface area contributed by atoms with Crippen molar-refractivity contribution in [2.45, 2.75) is 13.8 Å². The highest BCUT2D eigenvalue weighted by Crippen LogP contribution is 2.46. The number of pyridine rings is 4. The van der Waals surface area contributed by atoms with Crippen molar-refractivity contribution in [1.82, 2.24) is 19.1 Å². The topological polar surface area (TPSA) is 217 Å². The van der Waals surface area contributed by atoms with E-state index in [0.29, 0.717) is 79.0 Å². The van der Waals surface area contributed by atoms with Gasteiger partial charge >= 0.3 is 0 Å². The lowest BCUT2D eigenvalue weighted by atomic mass is 10.0. The van der Waals surface area contributed by atoms with Crippen LogP contribution in [0.2, 0.25) is 10.0 Å². The Labute approximate surface area is 397 Å². The molecule has 348 valence electrons. The minimum atomic E-state index is -0.476. The minimum Gasteiger partial charge on any atom is -0.497 e. The molecule has 0 aliphatic carbocycles. The summed E-state index contributed by atoms with van der Waals surface area (Å²) in [6.45, 7) is 3.60. The molecule has 0 unspecified atom stereocenters. The van der Waals surface area contributed by atoms with Gasteiger partial charge in [0, 0.05) is 83.8 Å². The number of aromatic nitrogens is 4. The highest BCUT2D eigenvalue weighted by atomic mass is 35.5. The number of hydrogen-bond acceptors (Lipinski definition) is 14. The molecular formula is C48H42Cl2N8O10. The number of rotatable bonds is 12. The first-order chi connectivity index (χ1) is 32.5. The summed E-state index contributed by atoms with van der Waals surface area (Å²) in [5.74, 6) is 2.58. The van der Waals surface area contributed by atoms with Gasteiger partial charge in [0.1, 0.15) is 46.0 Å². The van der Waals surface area contributed by atoms with Gasteiger partial charge < -0.3 is 38.7 Å². The predicted molar refractivity (Wildman–Crippen MR) is 263 cm³/mol. The molecule has 0 spiro atoms. The van der Waals surface area contributed by atoms with Gasteiger partial charge in [-0.3, -0.25) is 29.8 Å². The van der Waals surface area contributed by atoms with Crippen LogP contribution in [0.3, 0.4) is 0 Å². The molecule has 0 amide bonds. The largest absolute Gasteiger partial charge is 0.497 e. The first-order valence-electron chi connectivity index (χ1n) is 20.4. The van der Waals surface area contributed by atoms with E-state index in [2.05, 4.69) is 20.6 Å². The Morgan fingerprint density at radius 2 is 1.00 bits per heavy atom. The van der Waals surface area contributed by atoms with E-state index in [0.717, 1.165) is 5.39 Å². The van der Waals surface area contributed by atoms with Crippen molar-refractivity contribution in [2.24, 2.45) is 14.1 Å². The number of nitro benzene ring substituents is 2. The predicted octanol–water partition coefficient (Wildman–Crippen LogP) is 10.5. The second-order valence-corrected chi connectivity index (χ2v) is 15.9. The molecule has 4 aromatic heterocycles. The summed E-state index contributed by atoms with van der Waals surface area (Å²) < 4.78 is 24.4. The lowest BCUT2D eigenvalue weighted by Gasteiger charge is -2.17. The van der Waals surface area contributed by atoms with Crippen LogP contribution in [-0.2, 0) is 14.1 Å². The molecule has 8 rings (SSSR count). The third-order valence-electron chi connectivity index (χ3n) is 11.2. The summed E-state index contributed by atoms with van der Waals surface area (Å²) in [7, 11) is 9.32. The molecule has 8 aromatic rings. The number of benzene rings is 4. The molecule has 0 atom stereocenters. The summed E-state index contributed by atoms with van der Waals surface area (Å²) in [6, 6.07) is 22.9. The monoisotopic (exact) mass is 960 g/mol. The average Bonchev–Trinajstić information content (AvgIpc) is 3.33. The van der Waals surface area contributed by atoms with E-state index >= 15 is 0 Å². The number of ether oxygens (including phenoxy) is 4. The van der Waals surface area contributed by atoms with Crippen LogP contribution in [0.5, 0.6) is 23.0 Å². The molecule has 2 N–H and O–H groups in total. The number of methoxy groups -OCH3 is 4. The number of hydrogen-bond donors (Lipinski definition) is 2. The standard InChI is InChI=1S/C24H20Cl2N4O5.C24H22N4O5/c1-12-22-13(11-27-23(12)28-15-7-5-6-8-16(15)30(32)33)9-14(24(31)29(22)2)19-20(25)17(34-3)10-18(35-4)21(19)26;1-14-22-16(13-25-23(14)26-20-7-5-6-8-21(20)28(30)31)11-19(24(29)27(22)2)15-9-17(32-3)12-18(10-15)33-4/h5-11H,1-4H3,(H,27,28);5-13H,1-4H3,(H,25,26). The Morgan fingerprint density at radius 1 is 0.588 bits per heavy atom. The van der Waals surface area contributed by atoms with Gasteiger partial charge in [-0.1, -0.05) is 47.5 Å². The zero-order valence-electron chi connectivity index (χ0n) is 37.8. The van der Waals surface area contributed by atoms with Crippen molar-refractivity contribution in [3.05, 3.63) is 159 Å². The van der Waals surface area contributed by atoms with Gasteiger partial charge in [-0.2, -0.15) is 0 Å². The van der Waals surface area contributed by atoms with E-state index < -0.39 is 9.85 Å². The maximum Gasteiger partial charge on any atom is 0.292 e. The van der Waals surface area contributed by atoms with Gasteiger partial charge in [-0.05, 0) is 55.8 Å². The minimum absolute atomic E-state index is 0.0602. The molecule has 68 heavy (non-hydrogen) atoms. The van der Waals surface area contributed by atoms with E-state index in [9.17, 15) is 29.8 Å². The fourth-order valence-corrected chi connectivity index (χ4v) is 8.50. The number of nitrogens with one attached hydrogen (secondary N) is 2. The van der Waals surface area contributed by atoms with Crippen LogP contribution in [0.15, 0.2) is 107 Å². The molecule has 4 aromatic carbocycles. The molecule has 0 bridgehead atoms. The van der Waals surface area contributed by atoms with Crippen molar-refractivity contribution < 1.29 is 28.8 Å². The van der Waals surface area contributed by atoms with Crippen LogP contribution < -0.4 is 40.7 Å². The number of para-hydroxylation sites is 4. The number of nitrogens with zero attached hydrogens (tertiary/aromatic N) is 6. The maximum atomic E-state index is 13.5. The van der Waals surface area contributed by atoms with Crippen LogP contribution in [0, 0.1) is 34.1 Å². The van der Waals surface area contributed by atoms with Crippen molar-refractivity contribution in [2.75, 3.05) is 39.1 Å². The van der Waals surface area contributed by atoms with Gasteiger partial charge in [-0.15, -0.1) is 0 Å². The van der Waals surface area contributed by atoms with Gasteiger partial charge in [0.2, 0.25) is 0 Å². The van der Waals surface area contributed by atoms with Crippen molar-refractivity contribution in [3.8, 4) is 45.3 Å². The second-order valence-electron chi connectivity index (χ2n) is 15.1. The smallest absolute Gasteiger partial charge is 0.292 e. The van der Waals surface area contributed by atoms with E-state index in [1.807, 2.05) is 6.92 Å². The highest BCUT2D eigenvalue weighted by molar-refractivity contribution is 6.41. The molecule has 0 aliphatic heterocycles. The summed E-state index contributed by atoms with van der Waals surface area (Å²) in [5.41, 5.74) is 4.16. The normalized spacial score (nSPS) is 10.9. The maximum absolute atomic E-state index is 13.5. The zero-order chi connectivity index (χ0) is 49.1. The van der Waals surface area contributed by atoms with E-state index in [4.69, 9.17) is 42.1 Å². The van der Waals surface area contributed by atoms with Crippen LogP contribution in [0.1, 0.15) is 11.1 Å². The molecule has 0 radical (unpaired) electrons. The molecule has 0 fully saturated rings. The van der Waals surface area contributed by atoms with Gasteiger partial charge in [-0.25, -0.2) is 9.97 Å². The molecular weight excluding hydrogens is 919 g/mol. The Bertz CT molecular complexity index is 3400. The lowest BCUT2D eigenvalue weighted by molar-refractivity contribution is -0.384. The van der Waals surface area contributed by atoms with E-state index in [1.54, 1.807) is 125 Å². The van der Waals surface area contributed by atoms with Gasteiger partial charge in [0.25, 0.3) is 22.5 Å². The highest BCUT2D eigenvalue weighted by Gasteiger charge is 2.24. The number of anilines is 4. The zero-order valence-corrected chi connectivity index (χ0v) is 39.3. The molecule has 20 heteroatoms. The molecule has 4 heterocycles. The first-order valence-corrected chi connectivity index (χ1v) is 21.1. The number of aryl methyl sites for hydroxylation is 4. The third-order valence-corrected chi connectivity index (χ3v) is 11.9.